The van der Waals surface area contributed by atoms with Crippen LogP contribution in [0.2, 0.25) is 0 Å². The Morgan fingerprint density at radius 3 is 2.79 bits per heavy atom. The molecular weight excluding hydrogens is 352 g/mol. The molecule has 1 atom stereocenters. The zero-order valence-corrected chi connectivity index (χ0v) is 17.0. The van der Waals surface area contributed by atoms with E-state index in [2.05, 4.69) is 47.2 Å². The number of hydrogen-bond donors (Lipinski definition) is 1. The Bertz CT molecular complexity index is 775. The number of carbonyl (C=O) groups is 1. The third kappa shape index (κ3) is 5.30. The second-order valence-corrected chi connectivity index (χ2v) is 7.40. The third-order valence-corrected chi connectivity index (χ3v) is 5.23. The zero-order valence-electron chi connectivity index (χ0n) is 17.0. The first-order valence-electron chi connectivity index (χ1n) is 9.83. The van der Waals surface area contributed by atoms with Gasteiger partial charge in [0, 0.05) is 45.6 Å². The van der Waals surface area contributed by atoms with E-state index in [4.69, 9.17) is 4.74 Å². The lowest BCUT2D eigenvalue weighted by atomic mass is 9.94. The van der Waals surface area contributed by atoms with Gasteiger partial charge in [-0.05, 0) is 36.6 Å². The minimum Gasteiger partial charge on any atom is -0.379 e. The van der Waals surface area contributed by atoms with Gasteiger partial charge < -0.3 is 15.0 Å². The molecule has 1 fully saturated rings. The first kappa shape index (κ1) is 20.3. The predicted octanol–water partition coefficient (Wildman–Crippen LogP) is 2.76. The Hall–Kier alpha value is -2.44. The highest BCUT2D eigenvalue weighted by Crippen LogP contribution is 2.25. The summed E-state index contributed by atoms with van der Waals surface area (Å²) in [5.41, 5.74) is 4.40. The monoisotopic (exact) mass is 382 g/mol. The standard InChI is InChI=1S/C22H30N4O2/c1-17-6-7-18(2)20(15-17)21(19-5-4-8-23-16-19)24-22(27)25(3)9-10-26-11-13-28-14-12-26/h4-8,15-16,21H,9-14H2,1-3H3,(H,24,27). The van der Waals surface area contributed by atoms with Gasteiger partial charge in [0.05, 0.1) is 19.3 Å². The predicted molar refractivity (Wildman–Crippen MR) is 110 cm³/mol. The van der Waals surface area contributed by atoms with Crippen molar-refractivity contribution in [3.05, 3.63) is 65.0 Å². The smallest absolute Gasteiger partial charge is 0.317 e. The Kier molecular flexibility index (Phi) is 7.01. The van der Waals surface area contributed by atoms with Crippen LogP contribution in [-0.4, -0.2) is 67.3 Å². The van der Waals surface area contributed by atoms with Crippen molar-refractivity contribution in [1.82, 2.24) is 20.1 Å². The molecule has 28 heavy (non-hydrogen) atoms. The summed E-state index contributed by atoms with van der Waals surface area (Å²) in [5.74, 6) is 0. The van der Waals surface area contributed by atoms with Crippen LogP contribution in [0.5, 0.6) is 0 Å². The molecule has 2 amide bonds. The maximum Gasteiger partial charge on any atom is 0.317 e. The number of rotatable bonds is 6. The number of morpholine rings is 1. The molecule has 150 valence electrons. The van der Waals surface area contributed by atoms with Gasteiger partial charge in [-0.25, -0.2) is 4.79 Å². The van der Waals surface area contributed by atoms with Crippen LogP contribution in [0.1, 0.15) is 28.3 Å². The third-order valence-electron chi connectivity index (χ3n) is 5.23. The van der Waals surface area contributed by atoms with E-state index in [0.29, 0.717) is 6.54 Å². The van der Waals surface area contributed by atoms with Crippen LogP contribution < -0.4 is 5.32 Å². The van der Waals surface area contributed by atoms with Gasteiger partial charge in [-0.15, -0.1) is 0 Å². The highest BCUT2D eigenvalue weighted by molar-refractivity contribution is 5.75. The average Bonchev–Trinajstić information content (AvgIpc) is 2.73. The molecule has 1 aliphatic rings. The molecule has 1 aromatic carbocycles. The van der Waals surface area contributed by atoms with Crippen molar-refractivity contribution in [3.8, 4) is 0 Å². The number of amides is 2. The molecule has 1 aromatic heterocycles. The van der Waals surface area contributed by atoms with Crippen molar-refractivity contribution in [1.29, 1.82) is 0 Å². The molecule has 1 saturated heterocycles. The fraction of sp³-hybridized carbons (Fsp3) is 0.455. The van der Waals surface area contributed by atoms with E-state index in [-0.39, 0.29) is 12.1 Å². The summed E-state index contributed by atoms with van der Waals surface area (Å²) in [4.78, 5) is 21.3. The molecule has 0 saturated carbocycles. The first-order chi connectivity index (χ1) is 13.5. The quantitative estimate of drug-likeness (QED) is 0.835. The Morgan fingerprint density at radius 1 is 1.29 bits per heavy atom. The fourth-order valence-corrected chi connectivity index (χ4v) is 3.41. The van der Waals surface area contributed by atoms with Crippen molar-refractivity contribution >= 4 is 6.03 Å². The largest absolute Gasteiger partial charge is 0.379 e. The SMILES string of the molecule is Cc1ccc(C)c(C(NC(=O)N(C)CCN2CCOCC2)c2cccnc2)c1. The van der Waals surface area contributed by atoms with E-state index in [9.17, 15) is 4.79 Å². The summed E-state index contributed by atoms with van der Waals surface area (Å²) >= 11 is 0. The summed E-state index contributed by atoms with van der Waals surface area (Å²) in [6.07, 6.45) is 3.57. The molecule has 0 aliphatic carbocycles. The van der Waals surface area contributed by atoms with Crippen molar-refractivity contribution in [3.63, 3.8) is 0 Å². The summed E-state index contributed by atoms with van der Waals surface area (Å²) in [6.45, 7) is 9.07. The molecule has 0 radical (unpaired) electrons. The number of aromatic nitrogens is 1. The molecule has 6 nitrogen and oxygen atoms in total. The van der Waals surface area contributed by atoms with Crippen LogP contribution in [0.4, 0.5) is 4.79 Å². The van der Waals surface area contributed by atoms with Gasteiger partial charge in [0.15, 0.2) is 0 Å². The highest BCUT2D eigenvalue weighted by Gasteiger charge is 2.21. The van der Waals surface area contributed by atoms with E-state index in [0.717, 1.165) is 49.5 Å². The first-order valence-corrected chi connectivity index (χ1v) is 9.83. The maximum atomic E-state index is 12.9. The van der Waals surface area contributed by atoms with Gasteiger partial charge in [-0.2, -0.15) is 0 Å². The van der Waals surface area contributed by atoms with Crippen molar-refractivity contribution in [2.75, 3.05) is 46.4 Å². The normalized spacial score (nSPS) is 15.8. The van der Waals surface area contributed by atoms with Gasteiger partial charge in [0.1, 0.15) is 0 Å². The lowest BCUT2D eigenvalue weighted by Crippen LogP contribution is -2.45. The van der Waals surface area contributed by atoms with Crippen LogP contribution in [0.3, 0.4) is 0 Å². The summed E-state index contributed by atoms with van der Waals surface area (Å²) < 4.78 is 5.38. The van der Waals surface area contributed by atoms with Crippen LogP contribution in [0, 0.1) is 13.8 Å². The Morgan fingerprint density at radius 2 is 2.07 bits per heavy atom. The van der Waals surface area contributed by atoms with Crippen LogP contribution in [-0.2, 0) is 4.74 Å². The van der Waals surface area contributed by atoms with Gasteiger partial charge in [-0.3, -0.25) is 9.88 Å². The molecule has 3 rings (SSSR count). The van der Waals surface area contributed by atoms with E-state index in [1.54, 1.807) is 11.1 Å². The molecule has 6 heteroatoms. The zero-order chi connectivity index (χ0) is 19.9. The van der Waals surface area contributed by atoms with Crippen molar-refractivity contribution in [2.45, 2.75) is 19.9 Å². The number of carbonyl (C=O) groups excluding carboxylic acids is 1. The molecule has 1 aliphatic heterocycles. The van der Waals surface area contributed by atoms with E-state index < -0.39 is 0 Å². The van der Waals surface area contributed by atoms with E-state index in [1.165, 1.54) is 5.56 Å². The van der Waals surface area contributed by atoms with Gasteiger partial charge in [-0.1, -0.05) is 29.8 Å². The maximum absolute atomic E-state index is 12.9. The number of pyridine rings is 1. The second-order valence-electron chi connectivity index (χ2n) is 7.40. The van der Waals surface area contributed by atoms with Gasteiger partial charge >= 0.3 is 6.03 Å². The lowest BCUT2D eigenvalue weighted by Gasteiger charge is -2.30. The minimum absolute atomic E-state index is 0.0805. The van der Waals surface area contributed by atoms with Crippen molar-refractivity contribution in [2.24, 2.45) is 0 Å². The number of nitrogens with one attached hydrogen (secondary N) is 1. The van der Waals surface area contributed by atoms with Crippen LogP contribution in [0.15, 0.2) is 42.7 Å². The number of nitrogens with zero attached hydrogens (tertiary/aromatic N) is 3. The lowest BCUT2D eigenvalue weighted by molar-refractivity contribution is 0.0357. The number of aryl methyl sites for hydroxylation is 2. The van der Waals surface area contributed by atoms with E-state index in [1.807, 2.05) is 25.4 Å². The average molecular weight is 383 g/mol. The molecule has 2 aromatic rings. The van der Waals surface area contributed by atoms with Crippen LogP contribution >= 0.6 is 0 Å². The summed E-state index contributed by atoms with van der Waals surface area (Å²) in [7, 11) is 1.85. The number of likely N-dealkylation sites (N-methyl/N-ethyl adjacent to an activating group) is 1. The molecule has 0 bridgehead atoms. The molecular formula is C22H30N4O2. The minimum atomic E-state index is -0.230. The number of ether oxygens (including phenoxy) is 1. The van der Waals surface area contributed by atoms with E-state index >= 15 is 0 Å². The number of benzene rings is 1. The van der Waals surface area contributed by atoms with Crippen LogP contribution in [0.25, 0.3) is 0 Å². The topological polar surface area (TPSA) is 57.7 Å². The molecule has 1 N–H and O–H groups in total. The second kappa shape index (κ2) is 9.66. The van der Waals surface area contributed by atoms with Gasteiger partial charge in [0.2, 0.25) is 0 Å². The van der Waals surface area contributed by atoms with Crippen molar-refractivity contribution < 1.29 is 9.53 Å². The number of hydrogen-bond acceptors (Lipinski definition) is 4. The molecule has 1 unspecified atom stereocenters. The fourth-order valence-electron chi connectivity index (χ4n) is 3.41. The summed E-state index contributed by atoms with van der Waals surface area (Å²) in [5, 5.41) is 3.21. The summed E-state index contributed by atoms with van der Waals surface area (Å²) in [6, 6.07) is 9.93. The van der Waals surface area contributed by atoms with Gasteiger partial charge in [0.25, 0.3) is 0 Å². The number of urea groups is 1. The molecule has 2 heterocycles. The Labute approximate surface area is 167 Å². The Balaban J connectivity index is 1.71. The highest BCUT2D eigenvalue weighted by atomic mass is 16.5. The molecule has 0 spiro atoms.